The lowest BCUT2D eigenvalue weighted by atomic mass is 9.76. The molecule has 32 heavy (non-hydrogen) atoms. The molecule has 2 heterocycles. The summed E-state index contributed by atoms with van der Waals surface area (Å²) >= 11 is 6.81. The first-order chi connectivity index (χ1) is 15.3. The fourth-order valence-electron chi connectivity index (χ4n) is 5.37. The summed E-state index contributed by atoms with van der Waals surface area (Å²) in [6, 6.07) is 1.46. The van der Waals surface area contributed by atoms with Crippen molar-refractivity contribution in [3.63, 3.8) is 0 Å². The molecule has 0 radical (unpaired) electrons. The smallest absolute Gasteiger partial charge is 0.449 e. The molecule has 0 bridgehead atoms. The van der Waals surface area contributed by atoms with E-state index >= 15 is 4.39 Å². The number of carbonyl (C=O) groups is 1. The van der Waals surface area contributed by atoms with Crippen molar-refractivity contribution in [3.8, 4) is 5.75 Å². The minimum absolute atomic E-state index is 0.0293. The predicted octanol–water partition coefficient (Wildman–Crippen LogP) is 4.03. The van der Waals surface area contributed by atoms with Crippen LogP contribution in [0, 0.1) is 23.6 Å². The number of carboxylic acid groups (broad SMARTS) is 1. The highest BCUT2D eigenvalue weighted by molar-refractivity contribution is 6.38. The fraction of sp³-hybridized carbons (Fsp3) is 0.478. The van der Waals surface area contributed by atoms with Crippen LogP contribution in [0.25, 0.3) is 10.9 Å². The van der Waals surface area contributed by atoms with Gasteiger partial charge in [-0.15, -0.1) is 0 Å². The molecule has 2 fully saturated rings. The number of allylic oxidation sites excluding steroid dienone is 1. The average molecular weight is 462 g/mol. The van der Waals surface area contributed by atoms with E-state index in [1.165, 1.54) is 12.3 Å². The van der Waals surface area contributed by atoms with E-state index in [2.05, 4.69) is 29.1 Å². The zero-order chi connectivity index (χ0) is 22.7. The van der Waals surface area contributed by atoms with Crippen molar-refractivity contribution in [2.45, 2.75) is 31.8 Å². The summed E-state index contributed by atoms with van der Waals surface area (Å²) < 4.78 is 21.9. The van der Waals surface area contributed by atoms with Crippen molar-refractivity contribution in [1.29, 1.82) is 0 Å². The zero-order valence-electron chi connectivity index (χ0n) is 17.8. The number of hydrogen-bond donors (Lipinski definition) is 2. The van der Waals surface area contributed by atoms with E-state index in [4.69, 9.17) is 16.7 Å². The number of likely N-dealkylation sites (N-methyl/N-ethyl adjacent to an activating group) is 1. The van der Waals surface area contributed by atoms with Crippen molar-refractivity contribution in [2.24, 2.45) is 17.8 Å². The molecule has 0 spiro atoms. The van der Waals surface area contributed by atoms with Crippen LogP contribution in [0.15, 0.2) is 29.2 Å². The van der Waals surface area contributed by atoms with Gasteiger partial charge in [0.15, 0.2) is 5.75 Å². The summed E-state index contributed by atoms with van der Waals surface area (Å²) in [6.07, 6.45) is 5.93. The van der Waals surface area contributed by atoms with Crippen LogP contribution in [0.2, 0.25) is 5.02 Å². The highest BCUT2D eigenvalue weighted by Gasteiger charge is 2.42. The zero-order valence-corrected chi connectivity index (χ0v) is 18.6. The van der Waals surface area contributed by atoms with Crippen molar-refractivity contribution < 1.29 is 19.0 Å². The Hall–Kier alpha value is -2.58. The lowest BCUT2D eigenvalue weighted by molar-refractivity contribution is 0.143. The third kappa shape index (κ3) is 3.36. The maximum Gasteiger partial charge on any atom is 0.511 e. The SMILES string of the molecule is CNC1C=CC(C)C2CN(c3c(F)cc4c(=O)c(OC(=O)O)cn(C5CC5)c4c3Cl)CC12. The number of rotatable bonds is 4. The van der Waals surface area contributed by atoms with Gasteiger partial charge >= 0.3 is 6.16 Å². The van der Waals surface area contributed by atoms with Gasteiger partial charge < -0.3 is 24.6 Å². The van der Waals surface area contributed by atoms with Gasteiger partial charge in [-0.25, -0.2) is 9.18 Å². The van der Waals surface area contributed by atoms with E-state index in [0.29, 0.717) is 42.0 Å². The van der Waals surface area contributed by atoms with Crippen LogP contribution in [0.1, 0.15) is 25.8 Å². The first kappa shape index (κ1) is 21.3. The number of benzene rings is 1. The second kappa shape index (κ2) is 7.78. The quantitative estimate of drug-likeness (QED) is 0.528. The maximum absolute atomic E-state index is 15.4. The second-order valence-electron chi connectivity index (χ2n) is 9.04. The molecule has 5 rings (SSSR count). The number of anilines is 1. The number of fused-ring (bicyclic) bond motifs is 2. The van der Waals surface area contributed by atoms with Crippen LogP contribution < -0.4 is 20.4 Å². The van der Waals surface area contributed by atoms with E-state index in [1.54, 1.807) is 4.57 Å². The molecule has 1 aliphatic heterocycles. The van der Waals surface area contributed by atoms with Gasteiger partial charge in [-0.1, -0.05) is 30.7 Å². The van der Waals surface area contributed by atoms with Crippen LogP contribution in [0.5, 0.6) is 5.75 Å². The van der Waals surface area contributed by atoms with Crippen molar-refractivity contribution in [3.05, 3.63) is 45.5 Å². The van der Waals surface area contributed by atoms with Crippen LogP contribution in [-0.2, 0) is 0 Å². The molecule has 2 N–H and O–H groups in total. The molecule has 4 unspecified atom stereocenters. The molecule has 3 aliphatic rings. The number of nitrogens with one attached hydrogen (secondary N) is 1. The number of halogens is 2. The Morgan fingerprint density at radius 2 is 2.00 bits per heavy atom. The summed E-state index contributed by atoms with van der Waals surface area (Å²) in [7, 11) is 1.93. The summed E-state index contributed by atoms with van der Waals surface area (Å²) in [4.78, 5) is 25.9. The molecule has 170 valence electrons. The third-order valence-electron chi connectivity index (χ3n) is 7.11. The molecule has 0 amide bonds. The Balaban J connectivity index is 1.64. The Morgan fingerprint density at radius 1 is 1.28 bits per heavy atom. The van der Waals surface area contributed by atoms with Gasteiger partial charge in [0.25, 0.3) is 0 Å². The van der Waals surface area contributed by atoms with Gasteiger partial charge in [-0.05, 0) is 37.8 Å². The van der Waals surface area contributed by atoms with Gasteiger partial charge in [0, 0.05) is 31.1 Å². The predicted molar refractivity (Wildman–Crippen MR) is 120 cm³/mol. The topological polar surface area (TPSA) is 83.8 Å². The standard InChI is InChI=1S/C23H25ClFN3O4/c1-11-3-6-17(26-2)15-9-27(8-14(11)15)21-16(25)7-13-20(19(21)24)28(12-4-5-12)10-18(22(13)29)32-23(30)31/h3,6-7,10-12,14-15,17,26H,4-5,8-9H2,1-2H3,(H,30,31). The first-order valence-corrected chi connectivity index (χ1v) is 11.3. The molecule has 2 aromatic rings. The minimum atomic E-state index is -1.59. The van der Waals surface area contributed by atoms with Crippen LogP contribution in [0.4, 0.5) is 14.9 Å². The van der Waals surface area contributed by atoms with Crippen molar-refractivity contribution >= 4 is 34.3 Å². The van der Waals surface area contributed by atoms with E-state index in [0.717, 1.165) is 12.8 Å². The third-order valence-corrected chi connectivity index (χ3v) is 7.47. The highest BCUT2D eigenvalue weighted by atomic mass is 35.5. The Kier molecular flexibility index (Phi) is 5.17. The summed E-state index contributed by atoms with van der Waals surface area (Å²) in [5.74, 6) is 0.125. The van der Waals surface area contributed by atoms with Gasteiger partial charge in [0.2, 0.25) is 5.43 Å². The van der Waals surface area contributed by atoms with E-state index in [1.807, 2.05) is 11.9 Å². The van der Waals surface area contributed by atoms with Crippen molar-refractivity contribution in [1.82, 2.24) is 9.88 Å². The largest absolute Gasteiger partial charge is 0.511 e. The molecule has 1 aromatic heterocycles. The molecule has 4 atom stereocenters. The van der Waals surface area contributed by atoms with Gasteiger partial charge in [-0.3, -0.25) is 4.79 Å². The Labute approximate surface area is 189 Å². The van der Waals surface area contributed by atoms with Crippen LogP contribution >= 0.6 is 11.6 Å². The summed E-state index contributed by atoms with van der Waals surface area (Å²) in [5, 5.41) is 12.5. The number of ether oxygens (including phenoxy) is 1. The lowest BCUT2D eigenvalue weighted by Gasteiger charge is -2.32. The molecule has 1 saturated carbocycles. The van der Waals surface area contributed by atoms with E-state index in [-0.39, 0.29) is 28.2 Å². The van der Waals surface area contributed by atoms with Gasteiger partial charge in [0.1, 0.15) is 5.82 Å². The van der Waals surface area contributed by atoms with Crippen molar-refractivity contribution in [2.75, 3.05) is 25.0 Å². The number of aromatic nitrogens is 1. The Morgan fingerprint density at radius 3 is 2.66 bits per heavy atom. The molecule has 7 nitrogen and oxygen atoms in total. The van der Waals surface area contributed by atoms with Crippen LogP contribution in [-0.4, -0.2) is 42.0 Å². The Bertz CT molecular complexity index is 1190. The average Bonchev–Trinajstić information content (AvgIpc) is 3.49. The molecule has 1 aromatic carbocycles. The van der Waals surface area contributed by atoms with E-state index < -0.39 is 17.4 Å². The monoisotopic (exact) mass is 461 g/mol. The molecule has 2 aliphatic carbocycles. The van der Waals surface area contributed by atoms with E-state index in [9.17, 15) is 9.59 Å². The fourth-order valence-corrected chi connectivity index (χ4v) is 5.78. The molecule has 1 saturated heterocycles. The number of hydrogen-bond acceptors (Lipinski definition) is 5. The molecular formula is C23H25ClFN3O4. The van der Waals surface area contributed by atoms with Gasteiger partial charge in [0.05, 0.1) is 27.8 Å². The first-order valence-electron chi connectivity index (χ1n) is 10.9. The number of pyridine rings is 1. The normalized spacial score (nSPS) is 27.1. The highest BCUT2D eigenvalue weighted by Crippen LogP contribution is 2.45. The second-order valence-corrected chi connectivity index (χ2v) is 9.42. The molecule has 9 heteroatoms. The van der Waals surface area contributed by atoms with Crippen LogP contribution in [0.3, 0.4) is 0 Å². The molecular weight excluding hydrogens is 437 g/mol. The maximum atomic E-state index is 15.4. The number of nitrogens with zero attached hydrogens (tertiary/aromatic N) is 2. The lowest BCUT2D eigenvalue weighted by Crippen LogP contribution is -2.40. The summed E-state index contributed by atoms with van der Waals surface area (Å²) in [5.41, 5.74) is 0.0469. The van der Waals surface area contributed by atoms with Gasteiger partial charge in [-0.2, -0.15) is 0 Å². The summed E-state index contributed by atoms with van der Waals surface area (Å²) in [6.45, 7) is 3.50. The minimum Gasteiger partial charge on any atom is -0.449 e.